The maximum atomic E-state index is 12.2. The molecule has 22 heavy (non-hydrogen) atoms. The second-order valence-corrected chi connectivity index (χ2v) is 5.97. The van der Waals surface area contributed by atoms with E-state index in [9.17, 15) is 19.5 Å². The smallest absolute Gasteiger partial charge is 0.310 e. The van der Waals surface area contributed by atoms with Crippen LogP contribution in [0.25, 0.3) is 0 Å². The van der Waals surface area contributed by atoms with Gasteiger partial charge >= 0.3 is 5.97 Å². The number of carbonyl (C=O) groups excluding carboxylic acids is 2. The van der Waals surface area contributed by atoms with E-state index < -0.39 is 30.0 Å². The summed E-state index contributed by atoms with van der Waals surface area (Å²) in [6, 6.07) is 0. The lowest BCUT2D eigenvalue weighted by Crippen LogP contribution is -2.43. The van der Waals surface area contributed by atoms with Gasteiger partial charge in [0.05, 0.1) is 18.1 Å². The summed E-state index contributed by atoms with van der Waals surface area (Å²) in [6.07, 6.45) is 4.73. The third-order valence-electron chi connectivity index (χ3n) is 4.56. The Kier molecular flexibility index (Phi) is 4.15. The summed E-state index contributed by atoms with van der Waals surface area (Å²) in [7, 11) is 0. The Balaban J connectivity index is 1.46. The van der Waals surface area contributed by atoms with E-state index in [0.717, 1.165) is 13.0 Å². The zero-order chi connectivity index (χ0) is 15.7. The average molecular weight is 308 g/mol. The Morgan fingerprint density at radius 2 is 2.05 bits per heavy atom. The van der Waals surface area contributed by atoms with Crippen molar-refractivity contribution >= 4 is 17.8 Å². The van der Waals surface area contributed by atoms with Gasteiger partial charge in [-0.05, 0) is 12.8 Å². The van der Waals surface area contributed by atoms with Crippen LogP contribution in [0, 0.1) is 11.8 Å². The van der Waals surface area contributed by atoms with E-state index >= 15 is 0 Å². The third-order valence-corrected chi connectivity index (χ3v) is 4.56. The van der Waals surface area contributed by atoms with Crippen LogP contribution in [0.1, 0.15) is 19.3 Å². The summed E-state index contributed by atoms with van der Waals surface area (Å²) in [6.45, 7) is 1.86. The molecule has 2 amide bonds. The van der Waals surface area contributed by atoms with Crippen LogP contribution in [-0.2, 0) is 19.1 Å². The number of hydrogen-bond acceptors (Lipinski definition) is 4. The first kappa shape index (κ1) is 15.0. The number of aliphatic carboxylic acids is 1. The molecule has 4 atom stereocenters. The first-order valence-electron chi connectivity index (χ1n) is 7.70. The van der Waals surface area contributed by atoms with Crippen LogP contribution in [0.4, 0.5) is 0 Å². The molecular formula is C15H20N2O5. The highest BCUT2D eigenvalue weighted by Gasteiger charge is 2.53. The van der Waals surface area contributed by atoms with Crippen molar-refractivity contribution in [1.82, 2.24) is 10.2 Å². The molecule has 0 radical (unpaired) electrons. The van der Waals surface area contributed by atoms with Crippen molar-refractivity contribution in [3.63, 3.8) is 0 Å². The van der Waals surface area contributed by atoms with E-state index in [1.807, 2.05) is 0 Å². The van der Waals surface area contributed by atoms with Crippen molar-refractivity contribution in [1.29, 1.82) is 0 Å². The summed E-state index contributed by atoms with van der Waals surface area (Å²) < 4.78 is 5.48. The Hall–Kier alpha value is -1.89. The number of fused-ring (bicyclic) bond motifs is 2. The van der Waals surface area contributed by atoms with Gasteiger partial charge in [-0.15, -0.1) is 0 Å². The molecule has 7 heteroatoms. The van der Waals surface area contributed by atoms with Gasteiger partial charge in [-0.3, -0.25) is 14.4 Å². The van der Waals surface area contributed by atoms with Gasteiger partial charge in [0.1, 0.15) is 5.92 Å². The number of likely N-dealkylation sites (tertiary alicyclic amines) is 1. The van der Waals surface area contributed by atoms with E-state index in [-0.39, 0.29) is 11.8 Å². The second-order valence-electron chi connectivity index (χ2n) is 5.97. The largest absolute Gasteiger partial charge is 0.481 e. The number of hydrogen-bond donors (Lipinski definition) is 2. The Morgan fingerprint density at radius 1 is 1.32 bits per heavy atom. The van der Waals surface area contributed by atoms with Gasteiger partial charge in [-0.1, -0.05) is 12.2 Å². The highest BCUT2D eigenvalue weighted by atomic mass is 16.5. The van der Waals surface area contributed by atoms with E-state index in [0.29, 0.717) is 25.9 Å². The van der Waals surface area contributed by atoms with Crippen molar-refractivity contribution in [2.75, 3.05) is 19.6 Å². The van der Waals surface area contributed by atoms with Crippen molar-refractivity contribution in [3.8, 4) is 0 Å². The summed E-state index contributed by atoms with van der Waals surface area (Å²) in [5, 5.41) is 12.0. The monoisotopic (exact) mass is 308 g/mol. The maximum absolute atomic E-state index is 12.2. The number of ether oxygens (including phenoxy) is 1. The molecule has 2 saturated heterocycles. The molecule has 120 valence electrons. The van der Waals surface area contributed by atoms with Gasteiger partial charge in [0.25, 0.3) is 0 Å². The molecule has 0 aromatic rings. The lowest BCUT2D eigenvalue weighted by Gasteiger charge is -2.21. The highest BCUT2D eigenvalue weighted by Crippen LogP contribution is 2.39. The number of nitrogens with zero attached hydrogens (tertiary/aromatic N) is 1. The third kappa shape index (κ3) is 2.72. The summed E-state index contributed by atoms with van der Waals surface area (Å²) in [5.41, 5.74) is 0. The van der Waals surface area contributed by atoms with E-state index in [1.165, 1.54) is 0 Å². The van der Waals surface area contributed by atoms with Crippen molar-refractivity contribution in [2.24, 2.45) is 11.8 Å². The molecule has 0 aliphatic carbocycles. The Labute approximate surface area is 128 Å². The maximum Gasteiger partial charge on any atom is 0.310 e. The van der Waals surface area contributed by atoms with Crippen LogP contribution in [0.2, 0.25) is 0 Å². The van der Waals surface area contributed by atoms with Crippen molar-refractivity contribution in [3.05, 3.63) is 12.2 Å². The molecule has 2 fully saturated rings. The number of nitrogens with one attached hydrogen (secondary N) is 1. The van der Waals surface area contributed by atoms with E-state index in [1.54, 1.807) is 17.1 Å². The predicted molar refractivity (Wildman–Crippen MR) is 75.9 cm³/mol. The van der Waals surface area contributed by atoms with Crippen LogP contribution < -0.4 is 5.32 Å². The molecule has 3 rings (SSSR count). The first-order chi connectivity index (χ1) is 10.6. The number of rotatable bonds is 6. The highest BCUT2D eigenvalue weighted by molar-refractivity contribution is 5.87. The summed E-state index contributed by atoms with van der Waals surface area (Å²) in [4.78, 5) is 36.8. The van der Waals surface area contributed by atoms with Gasteiger partial charge in [-0.25, -0.2) is 0 Å². The fourth-order valence-corrected chi connectivity index (χ4v) is 3.45. The number of carboxylic acid groups (broad SMARTS) is 1. The van der Waals surface area contributed by atoms with E-state index in [4.69, 9.17) is 4.74 Å². The fraction of sp³-hybridized carbons (Fsp3) is 0.667. The molecule has 0 saturated carbocycles. The van der Waals surface area contributed by atoms with Gasteiger partial charge in [-0.2, -0.15) is 0 Å². The molecule has 0 unspecified atom stereocenters. The first-order valence-corrected chi connectivity index (χ1v) is 7.70. The lowest BCUT2D eigenvalue weighted by molar-refractivity contribution is -0.146. The Bertz CT molecular complexity index is 518. The molecule has 2 bridgehead atoms. The molecule has 3 aliphatic rings. The molecule has 3 heterocycles. The Morgan fingerprint density at radius 3 is 2.68 bits per heavy atom. The molecular weight excluding hydrogens is 288 g/mol. The van der Waals surface area contributed by atoms with Crippen LogP contribution in [0.15, 0.2) is 12.2 Å². The van der Waals surface area contributed by atoms with Crippen molar-refractivity contribution < 1.29 is 24.2 Å². The van der Waals surface area contributed by atoms with Crippen LogP contribution in [0.5, 0.6) is 0 Å². The minimum atomic E-state index is -1.00. The second kappa shape index (κ2) is 6.08. The number of carboxylic acids is 1. The van der Waals surface area contributed by atoms with Gasteiger partial charge in [0, 0.05) is 26.1 Å². The quantitative estimate of drug-likeness (QED) is 0.522. The fourth-order valence-electron chi connectivity index (χ4n) is 3.45. The molecule has 2 N–H and O–H groups in total. The topological polar surface area (TPSA) is 95.9 Å². The zero-order valence-corrected chi connectivity index (χ0v) is 12.2. The van der Waals surface area contributed by atoms with Crippen LogP contribution in [-0.4, -0.2) is 59.6 Å². The minimum absolute atomic E-state index is 0.170. The summed E-state index contributed by atoms with van der Waals surface area (Å²) >= 11 is 0. The van der Waals surface area contributed by atoms with E-state index in [2.05, 4.69) is 5.32 Å². The molecule has 0 spiro atoms. The van der Waals surface area contributed by atoms with Crippen LogP contribution in [0.3, 0.4) is 0 Å². The molecule has 0 aromatic carbocycles. The standard InChI is InChI=1S/C15H20N2O5/c18-11-3-1-7-17(11)8-2-6-16-14(19)12-9-4-5-10(22-9)13(12)15(20)21/h4-5,9-10,12-13H,1-3,6-8H2,(H,16,19)(H,20,21)/t9-,10-,12+,13+/m1/s1. The SMILES string of the molecule is O=C(O)[C@@H]1[C@@H](C(=O)NCCCN2CCCC2=O)[C@H]2C=C[C@H]1O2. The van der Waals surface area contributed by atoms with Gasteiger partial charge < -0.3 is 20.1 Å². The van der Waals surface area contributed by atoms with Crippen molar-refractivity contribution in [2.45, 2.75) is 31.5 Å². The normalized spacial score (nSPS) is 32.7. The summed E-state index contributed by atoms with van der Waals surface area (Å²) in [5.74, 6) is -2.59. The molecule has 0 aromatic heterocycles. The average Bonchev–Trinajstić information content (AvgIpc) is 3.18. The number of amides is 2. The van der Waals surface area contributed by atoms with Gasteiger partial charge in [0.15, 0.2) is 0 Å². The van der Waals surface area contributed by atoms with Crippen LogP contribution >= 0.6 is 0 Å². The predicted octanol–water partition coefficient (Wildman–Crippen LogP) is -0.231. The molecule has 7 nitrogen and oxygen atoms in total. The molecule has 3 aliphatic heterocycles. The van der Waals surface area contributed by atoms with Gasteiger partial charge in [0.2, 0.25) is 11.8 Å². The zero-order valence-electron chi connectivity index (χ0n) is 12.2. The minimum Gasteiger partial charge on any atom is -0.481 e. The number of carbonyl (C=O) groups is 3. The lowest BCUT2D eigenvalue weighted by atomic mass is 9.82.